The van der Waals surface area contributed by atoms with Gasteiger partial charge < -0.3 is 44.3 Å². The van der Waals surface area contributed by atoms with Crippen molar-refractivity contribution in [3.63, 3.8) is 0 Å². The predicted octanol–water partition coefficient (Wildman–Crippen LogP) is -2.54. The maximum Gasteiger partial charge on any atom is 0.135 e. The number of ether oxygens (including phenoxy) is 1. The van der Waals surface area contributed by atoms with Crippen LogP contribution in [-0.2, 0) is 23.9 Å². The van der Waals surface area contributed by atoms with E-state index >= 15 is 0 Å². The lowest BCUT2D eigenvalue weighted by atomic mass is 9.62. The topological polar surface area (TPSA) is 158 Å². The molecule has 0 amide bonds. The van der Waals surface area contributed by atoms with E-state index in [9.17, 15) is 39.6 Å². The van der Waals surface area contributed by atoms with Crippen LogP contribution in [-0.4, -0.2) is 74.6 Å². The van der Waals surface area contributed by atoms with Crippen LogP contribution in [0.1, 0.15) is 25.7 Å². The van der Waals surface area contributed by atoms with E-state index in [4.69, 9.17) is 4.74 Å². The molecule has 0 bridgehead atoms. The minimum atomic E-state index is -2.68. The first-order chi connectivity index (χ1) is 10.8. The molecule has 0 aromatic rings. The number of aldehydes is 4. The standard InChI is InChI=1S/C14H19O9/c15-5-1-10(19)11-13(21,3-7-17)14(22,4-8-18)12(20,2-6-16)9-23-11/h5-11,19-22H,1-4H2/t10?,11-,12+,13-,14-/m1/s1. The number of aliphatic hydroxyl groups is 4. The lowest BCUT2D eigenvalue weighted by Crippen LogP contribution is -2.77. The molecule has 129 valence electrons. The first kappa shape index (κ1) is 19.5. The minimum Gasteiger partial charge on any atom is -0.390 e. The quantitative estimate of drug-likeness (QED) is 0.334. The molecule has 5 atom stereocenters. The van der Waals surface area contributed by atoms with Crippen molar-refractivity contribution in [3.05, 3.63) is 6.61 Å². The Kier molecular flexibility index (Phi) is 6.25. The Labute approximate surface area is 131 Å². The summed E-state index contributed by atoms with van der Waals surface area (Å²) in [4.78, 5) is 43.2. The molecule has 1 heterocycles. The molecule has 23 heavy (non-hydrogen) atoms. The van der Waals surface area contributed by atoms with E-state index in [0.29, 0.717) is 12.9 Å². The Bertz CT molecular complexity index is 467. The third kappa shape index (κ3) is 3.10. The van der Waals surface area contributed by atoms with Crippen LogP contribution in [0.3, 0.4) is 0 Å². The van der Waals surface area contributed by atoms with E-state index in [0.717, 1.165) is 0 Å². The van der Waals surface area contributed by atoms with Gasteiger partial charge in [0, 0.05) is 25.7 Å². The number of carbonyl (C=O) groups is 4. The molecular weight excluding hydrogens is 312 g/mol. The first-order valence-corrected chi connectivity index (χ1v) is 6.86. The van der Waals surface area contributed by atoms with Crippen molar-refractivity contribution in [3.8, 4) is 0 Å². The van der Waals surface area contributed by atoms with Gasteiger partial charge in [-0.3, -0.25) is 0 Å². The Balaban J connectivity index is 3.44. The zero-order chi connectivity index (χ0) is 17.7. The maximum absolute atomic E-state index is 10.9. The Morgan fingerprint density at radius 2 is 1.52 bits per heavy atom. The van der Waals surface area contributed by atoms with Crippen LogP contribution in [0.25, 0.3) is 0 Å². The molecule has 1 unspecified atom stereocenters. The summed E-state index contributed by atoms with van der Waals surface area (Å²) in [6, 6.07) is 0. The van der Waals surface area contributed by atoms with Gasteiger partial charge in [0.25, 0.3) is 0 Å². The maximum atomic E-state index is 10.9. The van der Waals surface area contributed by atoms with Crippen LogP contribution in [0, 0.1) is 6.61 Å². The molecule has 9 heteroatoms. The summed E-state index contributed by atoms with van der Waals surface area (Å²) in [7, 11) is 0. The molecule has 1 saturated heterocycles. The Morgan fingerprint density at radius 3 is 2.00 bits per heavy atom. The fraction of sp³-hybridized carbons (Fsp3) is 0.643. The van der Waals surface area contributed by atoms with Crippen molar-refractivity contribution in [1.29, 1.82) is 0 Å². The monoisotopic (exact) mass is 331 g/mol. The Morgan fingerprint density at radius 1 is 0.957 bits per heavy atom. The van der Waals surface area contributed by atoms with Crippen molar-refractivity contribution in [2.75, 3.05) is 0 Å². The zero-order valence-electron chi connectivity index (χ0n) is 12.2. The van der Waals surface area contributed by atoms with E-state index in [1.54, 1.807) is 0 Å². The van der Waals surface area contributed by atoms with Gasteiger partial charge in [0.1, 0.15) is 54.7 Å². The molecule has 0 aliphatic carbocycles. The number of hydrogen-bond donors (Lipinski definition) is 4. The summed E-state index contributed by atoms with van der Waals surface area (Å²) < 4.78 is 5.04. The van der Waals surface area contributed by atoms with E-state index < -0.39 is 54.7 Å². The van der Waals surface area contributed by atoms with E-state index in [-0.39, 0.29) is 18.9 Å². The van der Waals surface area contributed by atoms with Gasteiger partial charge in [-0.25, -0.2) is 0 Å². The molecule has 9 nitrogen and oxygen atoms in total. The first-order valence-electron chi connectivity index (χ1n) is 6.86. The van der Waals surface area contributed by atoms with Gasteiger partial charge >= 0.3 is 0 Å². The van der Waals surface area contributed by atoms with Gasteiger partial charge in [-0.15, -0.1) is 0 Å². The average Bonchev–Trinajstić information content (AvgIpc) is 2.47. The fourth-order valence-electron chi connectivity index (χ4n) is 2.87. The Hall–Kier alpha value is -1.52. The highest BCUT2D eigenvalue weighted by atomic mass is 16.5. The van der Waals surface area contributed by atoms with Crippen LogP contribution in [0.4, 0.5) is 0 Å². The lowest BCUT2D eigenvalue weighted by Gasteiger charge is -2.57. The van der Waals surface area contributed by atoms with Crippen LogP contribution in [0.2, 0.25) is 0 Å². The summed E-state index contributed by atoms with van der Waals surface area (Å²) in [5.41, 5.74) is -7.76. The highest BCUT2D eigenvalue weighted by Crippen LogP contribution is 2.48. The molecule has 1 fully saturated rings. The largest absolute Gasteiger partial charge is 0.390 e. The molecule has 1 rings (SSSR count). The molecule has 0 saturated carbocycles. The van der Waals surface area contributed by atoms with Crippen molar-refractivity contribution < 1.29 is 44.3 Å². The van der Waals surface area contributed by atoms with Gasteiger partial charge in [0.2, 0.25) is 0 Å². The summed E-state index contributed by atoms with van der Waals surface area (Å²) in [5.74, 6) is 0. The second-order valence-electron chi connectivity index (χ2n) is 5.47. The van der Waals surface area contributed by atoms with Gasteiger partial charge in [0.05, 0.1) is 6.10 Å². The van der Waals surface area contributed by atoms with Crippen molar-refractivity contribution >= 4 is 25.1 Å². The molecule has 1 aliphatic rings. The van der Waals surface area contributed by atoms with Gasteiger partial charge in [-0.1, -0.05) is 0 Å². The number of carbonyl (C=O) groups excluding carboxylic acids is 4. The van der Waals surface area contributed by atoms with Crippen LogP contribution >= 0.6 is 0 Å². The lowest BCUT2D eigenvalue weighted by molar-refractivity contribution is -0.320. The molecule has 1 radical (unpaired) electrons. The molecule has 0 spiro atoms. The molecular formula is C14H19O9. The van der Waals surface area contributed by atoms with Gasteiger partial charge in [-0.05, 0) is 0 Å². The zero-order valence-corrected chi connectivity index (χ0v) is 12.2. The minimum absolute atomic E-state index is 0.188. The number of aliphatic hydroxyl groups excluding tert-OH is 1. The summed E-state index contributed by atoms with van der Waals surface area (Å²) in [6.07, 6.45) is -5.20. The fourth-order valence-corrected chi connectivity index (χ4v) is 2.87. The van der Waals surface area contributed by atoms with E-state index in [1.165, 1.54) is 0 Å². The average molecular weight is 331 g/mol. The number of hydrogen-bond acceptors (Lipinski definition) is 9. The predicted molar refractivity (Wildman–Crippen MR) is 72.8 cm³/mol. The van der Waals surface area contributed by atoms with Gasteiger partial charge in [0.15, 0.2) is 0 Å². The van der Waals surface area contributed by atoms with Crippen molar-refractivity contribution in [1.82, 2.24) is 0 Å². The normalized spacial score (nSPS) is 38.5. The van der Waals surface area contributed by atoms with E-state index in [2.05, 4.69) is 0 Å². The summed E-state index contributed by atoms with van der Waals surface area (Å²) in [5, 5.41) is 42.0. The third-order valence-corrected chi connectivity index (χ3v) is 4.17. The molecule has 0 aromatic heterocycles. The van der Waals surface area contributed by atoms with Crippen LogP contribution < -0.4 is 0 Å². The van der Waals surface area contributed by atoms with Crippen LogP contribution in [0.5, 0.6) is 0 Å². The van der Waals surface area contributed by atoms with Crippen LogP contribution in [0.15, 0.2) is 0 Å². The summed E-state index contributed by atoms with van der Waals surface area (Å²) in [6.45, 7) is 0.628. The molecule has 4 N–H and O–H groups in total. The molecule has 1 aliphatic heterocycles. The second kappa shape index (κ2) is 7.37. The van der Waals surface area contributed by atoms with Crippen molar-refractivity contribution in [2.45, 2.75) is 54.7 Å². The smallest absolute Gasteiger partial charge is 0.135 e. The summed E-state index contributed by atoms with van der Waals surface area (Å²) >= 11 is 0. The second-order valence-corrected chi connectivity index (χ2v) is 5.47. The van der Waals surface area contributed by atoms with Crippen molar-refractivity contribution in [2.24, 2.45) is 0 Å². The highest BCUT2D eigenvalue weighted by molar-refractivity contribution is 5.60. The highest BCUT2D eigenvalue weighted by Gasteiger charge is 2.69. The third-order valence-electron chi connectivity index (χ3n) is 4.17. The van der Waals surface area contributed by atoms with E-state index in [1.807, 2.05) is 0 Å². The number of rotatable bonds is 9. The van der Waals surface area contributed by atoms with Gasteiger partial charge in [-0.2, -0.15) is 0 Å². The SMILES string of the molecule is O=CCC(O)[C@H]1O[CH][C@@](O)(CC=O)[C@](O)(CC=O)[C@@]1(O)CC=O. The molecule has 0 aromatic carbocycles.